The first-order chi connectivity index (χ1) is 11.7. The normalized spacial score (nSPS) is 28.3. The average molecular weight is 373 g/mol. The van der Waals surface area contributed by atoms with Gasteiger partial charge in [-0.15, -0.1) is 0 Å². The number of hydrogen-bond donors (Lipinski definition) is 2. The predicted molar refractivity (Wildman–Crippen MR) is 101 cm³/mol. The predicted octanol–water partition coefficient (Wildman–Crippen LogP) is 1.81. The molecule has 2 saturated heterocycles. The highest BCUT2D eigenvalue weighted by atomic mass is 32.2. The maximum Gasteiger partial charge on any atom is 0.317 e. The number of hydrogen-bond acceptors (Lipinski definition) is 4. The van der Waals surface area contributed by atoms with Crippen molar-refractivity contribution in [2.45, 2.75) is 37.8 Å². The fourth-order valence-electron chi connectivity index (χ4n) is 3.52. The molecule has 2 N–H and O–H groups in total. The van der Waals surface area contributed by atoms with Crippen LogP contribution in [-0.4, -0.2) is 83.1 Å². The molecule has 0 aromatic carbocycles. The van der Waals surface area contributed by atoms with Crippen molar-refractivity contribution in [1.82, 2.24) is 20.4 Å². The number of carbonyl (C=O) groups is 2. The van der Waals surface area contributed by atoms with E-state index in [-0.39, 0.29) is 24.1 Å². The Morgan fingerprint density at radius 3 is 1.58 bits per heavy atom. The van der Waals surface area contributed by atoms with Crippen molar-refractivity contribution in [1.29, 1.82) is 0 Å². The number of rotatable bonds is 2. The average Bonchev–Trinajstić information content (AvgIpc) is 2.63. The first kappa shape index (κ1) is 18.0. The summed E-state index contributed by atoms with van der Waals surface area (Å²) >= 11 is 3.82. The highest BCUT2D eigenvalue weighted by molar-refractivity contribution is 7.99. The third-order valence-electron chi connectivity index (χ3n) is 4.93. The highest BCUT2D eigenvalue weighted by Crippen LogP contribution is 2.20. The largest absolute Gasteiger partial charge is 0.335 e. The summed E-state index contributed by atoms with van der Waals surface area (Å²) in [5.41, 5.74) is 0. The van der Waals surface area contributed by atoms with Crippen LogP contribution in [0.5, 0.6) is 0 Å². The van der Waals surface area contributed by atoms with Crippen LogP contribution in [0.3, 0.4) is 0 Å². The van der Waals surface area contributed by atoms with Crippen LogP contribution >= 0.6 is 23.5 Å². The van der Waals surface area contributed by atoms with Crippen LogP contribution in [0.2, 0.25) is 0 Å². The van der Waals surface area contributed by atoms with Crippen LogP contribution in [0.1, 0.15) is 25.7 Å². The van der Waals surface area contributed by atoms with Gasteiger partial charge >= 0.3 is 12.1 Å². The number of carbonyl (C=O) groups excluding carboxylic acids is 2. The first-order valence-corrected chi connectivity index (χ1v) is 11.3. The monoisotopic (exact) mass is 372 g/mol. The summed E-state index contributed by atoms with van der Waals surface area (Å²) in [5, 5.41) is 6.36. The van der Waals surface area contributed by atoms with E-state index in [1.54, 1.807) is 0 Å². The van der Waals surface area contributed by atoms with Crippen molar-refractivity contribution in [2.75, 3.05) is 49.2 Å². The Hall–Kier alpha value is -0.760. The molecule has 24 heavy (non-hydrogen) atoms. The first-order valence-electron chi connectivity index (χ1n) is 8.99. The zero-order valence-electron chi connectivity index (χ0n) is 14.2. The summed E-state index contributed by atoms with van der Waals surface area (Å²) in [6.07, 6.45) is 3.94. The van der Waals surface area contributed by atoms with E-state index in [2.05, 4.69) is 10.6 Å². The summed E-state index contributed by atoms with van der Waals surface area (Å²) in [6, 6.07) is 0.506. The third kappa shape index (κ3) is 5.12. The molecule has 3 aliphatic rings. The minimum atomic E-state index is 0.0698. The Bertz CT molecular complexity index is 402. The van der Waals surface area contributed by atoms with Crippen LogP contribution in [0.4, 0.5) is 9.59 Å². The molecule has 4 amide bonds. The van der Waals surface area contributed by atoms with Crippen molar-refractivity contribution in [3.63, 3.8) is 0 Å². The lowest BCUT2D eigenvalue weighted by Crippen LogP contribution is -2.53. The fourth-order valence-corrected chi connectivity index (χ4v) is 5.32. The summed E-state index contributed by atoms with van der Waals surface area (Å²) in [6.45, 7) is 3.37. The quantitative estimate of drug-likeness (QED) is 0.776. The van der Waals surface area contributed by atoms with Gasteiger partial charge in [-0.3, -0.25) is 0 Å². The van der Waals surface area contributed by atoms with Crippen LogP contribution in [0.15, 0.2) is 0 Å². The summed E-state index contributed by atoms with van der Waals surface area (Å²) in [5.74, 6) is 4.13. The van der Waals surface area contributed by atoms with Crippen molar-refractivity contribution in [3.8, 4) is 0 Å². The summed E-state index contributed by atoms with van der Waals surface area (Å²) < 4.78 is 0. The number of thioether (sulfide) groups is 2. The fraction of sp³-hybridized carbons (Fsp3) is 0.875. The number of nitrogens with one attached hydrogen (secondary N) is 2. The Balaban J connectivity index is 1.43. The lowest BCUT2D eigenvalue weighted by molar-refractivity contribution is 0.185. The Morgan fingerprint density at radius 1 is 0.750 bits per heavy atom. The molecule has 8 heteroatoms. The third-order valence-corrected chi connectivity index (χ3v) is 6.81. The van der Waals surface area contributed by atoms with E-state index in [9.17, 15) is 9.59 Å². The molecule has 1 aliphatic carbocycles. The maximum atomic E-state index is 12.4. The molecule has 2 heterocycles. The molecule has 2 unspecified atom stereocenters. The van der Waals surface area contributed by atoms with E-state index in [0.717, 1.165) is 74.9 Å². The smallest absolute Gasteiger partial charge is 0.317 e. The summed E-state index contributed by atoms with van der Waals surface area (Å²) in [7, 11) is 0. The molecule has 0 spiro atoms. The second-order valence-corrected chi connectivity index (χ2v) is 9.11. The molecule has 3 rings (SSSR count). The van der Waals surface area contributed by atoms with Crippen molar-refractivity contribution in [2.24, 2.45) is 0 Å². The zero-order chi connectivity index (χ0) is 16.8. The molecular weight excluding hydrogens is 344 g/mol. The van der Waals surface area contributed by atoms with E-state index in [1.165, 1.54) is 0 Å². The molecule has 1 saturated carbocycles. The topological polar surface area (TPSA) is 64.7 Å². The molecular formula is C16H28N4O2S2. The van der Waals surface area contributed by atoms with Gasteiger partial charge in [0.15, 0.2) is 0 Å². The zero-order valence-corrected chi connectivity index (χ0v) is 15.8. The highest BCUT2D eigenvalue weighted by Gasteiger charge is 2.28. The minimum absolute atomic E-state index is 0.0698. The second kappa shape index (κ2) is 9.08. The molecule has 3 fully saturated rings. The van der Waals surface area contributed by atoms with Crippen molar-refractivity contribution < 1.29 is 9.59 Å². The van der Waals surface area contributed by atoms with Gasteiger partial charge in [0.05, 0.1) is 0 Å². The molecule has 2 atom stereocenters. The van der Waals surface area contributed by atoms with Gasteiger partial charge in [-0.25, -0.2) is 9.59 Å². The molecule has 2 aliphatic heterocycles. The Morgan fingerprint density at radius 2 is 1.17 bits per heavy atom. The van der Waals surface area contributed by atoms with Crippen LogP contribution in [-0.2, 0) is 0 Å². The number of amides is 4. The SMILES string of the molecule is O=C(NC1CCCC(NC(=O)N2CCSCC2)C1)N1CCSCC1. The van der Waals surface area contributed by atoms with Gasteiger partial charge in [-0.05, 0) is 25.7 Å². The van der Waals surface area contributed by atoms with E-state index in [1.807, 2.05) is 33.3 Å². The van der Waals surface area contributed by atoms with Crippen LogP contribution in [0.25, 0.3) is 0 Å². The van der Waals surface area contributed by atoms with Gasteiger partial charge in [0.2, 0.25) is 0 Å². The molecule has 0 aromatic heterocycles. The van der Waals surface area contributed by atoms with Gasteiger partial charge in [-0.2, -0.15) is 23.5 Å². The van der Waals surface area contributed by atoms with E-state index in [0.29, 0.717) is 0 Å². The molecule has 136 valence electrons. The summed E-state index contributed by atoms with van der Waals surface area (Å²) in [4.78, 5) is 28.5. The minimum Gasteiger partial charge on any atom is -0.335 e. The maximum absolute atomic E-state index is 12.4. The van der Waals surface area contributed by atoms with Crippen molar-refractivity contribution >= 4 is 35.6 Å². The lowest BCUT2D eigenvalue weighted by atomic mass is 9.91. The van der Waals surface area contributed by atoms with Gasteiger partial charge in [-0.1, -0.05) is 0 Å². The van der Waals surface area contributed by atoms with Crippen LogP contribution < -0.4 is 10.6 Å². The lowest BCUT2D eigenvalue weighted by Gasteiger charge is -2.35. The molecule has 0 bridgehead atoms. The van der Waals surface area contributed by atoms with E-state index >= 15 is 0 Å². The second-order valence-electron chi connectivity index (χ2n) is 6.66. The number of urea groups is 2. The van der Waals surface area contributed by atoms with E-state index < -0.39 is 0 Å². The van der Waals surface area contributed by atoms with Crippen molar-refractivity contribution in [3.05, 3.63) is 0 Å². The molecule has 0 aromatic rings. The molecule has 6 nitrogen and oxygen atoms in total. The van der Waals surface area contributed by atoms with Crippen LogP contribution in [0, 0.1) is 0 Å². The Kier molecular flexibility index (Phi) is 6.83. The van der Waals surface area contributed by atoms with Gasteiger partial charge in [0.1, 0.15) is 0 Å². The Labute approximate surface area is 152 Å². The van der Waals surface area contributed by atoms with Gasteiger partial charge < -0.3 is 20.4 Å². The van der Waals surface area contributed by atoms with Gasteiger partial charge in [0, 0.05) is 61.3 Å². The standard InChI is InChI=1S/C16H28N4O2S2/c21-15(19-4-8-23-9-5-19)17-13-2-1-3-14(12-13)18-16(22)20-6-10-24-11-7-20/h13-14H,1-12H2,(H,17,21)(H,18,22). The van der Waals surface area contributed by atoms with E-state index in [4.69, 9.17) is 0 Å². The van der Waals surface area contributed by atoms with Gasteiger partial charge in [0.25, 0.3) is 0 Å². The number of nitrogens with zero attached hydrogens (tertiary/aromatic N) is 2. The molecule has 0 radical (unpaired) electrons.